The predicted octanol–water partition coefficient (Wildman–Crippen LogP) is 5.74. The molecule has 0 unspecified atom stereocenters. The number of carbonyl (C=O) groups is 1. The number of carbonyl (C=O) groups excluding carboxylic acids is 1. The summed E-state index contributed by atoms with van der Waals surface area (Å²) in [5.74, 6) is 0.678. The second kappa shape index (κ2) is 12.7. The first-order chi connectivity index (χ1) is 16.5. The first-order valence-electron chi connectivity index (χ1n) is 12.0. The Kier molecular flexibility index (Phi) is 9.38. The SMILES string of the molecule is CCCCCN(C)C(=O)Nc1c(OCCCn2cnc(-c3ccccc3)c2)cccc1N(C)C. The molecule has 1 aromatic heterocycles. The molecule has 182 valence electrons. The molecule has 0 spiro atoms. The van der Waals surface area contributed by atoms with Crippen molar-refractivity contribution in [2.24, 2.45) is 0 Å². The summed E-state index contributed by atoms with van der Waals surface area (Å²) in [7, 11) is 5.75. The lowest BCUT2D eigenvalue weighted by atomic mass is 10.2. The molecule has 0 bridgehead atoms. The van der Waals surface area contributed by atoms with Gasteiger partial charge in [0.05, 0.1) is 24.3 Å². The zero-order chi connectivity index (χ0) is 24.3. The zero-order valence-corrected chi connectivity index (χ0v) is 20.8. The minimum Gasteiger partial charge on any atom is -0.491 e. The standard InChI is InChI=1S/C27H37N5O2/c1-5-6-10-17-31(4)27(33)29-26-24(30(2)3)15-11-16-25(26)34-19-12-18-32-20-23(28-21-32)22-13-8-7-9-14-22/h7-9,11,13-16,20-21H,5-6,10,12,17-19H2,1-4H3,(H,29,33). The number of benzene rings is 2. The van der Waals surface area contributed by atoms with Crippen molar-refractivity contribution in [3.8, 4) is 17.0 Å². The Morgan fingerprint density at radius 2 is 1.82 bits per heavy atom. The molecule has 3 rings (SSSR count). The number of rotatable bonds is 12. The Labute approximate surface area is 203 Å². The Balaban J connectivity index is 1.59. The van der Waals surface area contributed by atoms with Gasteiger partial charge < -0.3 is 24.4 Å². The molecule has 0 atom stereocenters. The Morgan fingerprint density at radius 1 is 1.03 bits per heavy atom. The molecule has 2 amide bonds. The number of hydrogen-bond acceptors (Lipinski definition) is 4. The second-order valence-corrected chi connectivity index (χ2v) is 8.67. The van der Waals surface area contributed by atoms with Crippen LogP contribution in [0.1, 0.15) is 32.6 Å². The van der Waals surface area contributed by atoms with Gasteiger partial charge in [0.25, 0.3) is 0 Å². The number of nitrogens with one attached hydrogen (secondary N) is 1. The van der Waals surface area contributed by atoms with Crippen LogP contribution in [-0.2, 0) is 6.54 Å². The van der Waals surface area contributed by atoms with Crippen molar-refractivity contribution in [3.63, 3.8) is 0 Å². The van der Waals surface area contributed by atoms with Gasteiger partial charge >= 0.3 is 6.03 Å². The first kappa shape index (κ1) is 25.1. The van der Waals surface area contributed by atoms with Crippen LogP contribution in [0.5, 0.6) is 5.75 Å². The minimum absolute atomic E-state index is 0.123. The van der Waals surface area contributed by atoms with Gasteiger partial charge in [-0.25, -0.2) is 9.78 Å². The molecular formula is C27H37N5O2. The third-order valence-corrected chi connectivity index (χ3v) is 5.68. The number of nitrogens with zero attached hydrogens (tertiary/aromatic N) is 4. The van der Waals surface area contributed by atoms with Gasteiger partial charge in [0.2, 0.25) is 0 Å². The highest BCUT2D eigenvalue weighted by Crippen LogP contribution is 2.34. The summed E-state index contributed by atoms with van der Waals surface area (Å²) in [6.07, 6.45) is 7.98. The molecule has 2 aromatic carbocycles. The Hall–Kier alpha value is -3.48. The first-order valence-corrected chi connectivity index (χ1v) is 12.0. The van der Waals surface area contributed by atoms with Crippen LogP contribution >= 0.6 is 0 Å². The van der Waals surface area contributed by atoms with E-state index in [4.69, 9.17) is 4.74 Å². The van der Waals surface area contributed by atoms with E-state index >= 15 is 0 Å². The lowest BCUT2D eigenvalue weighted by Crippen LogP contribution is -2.32. The minimum atomic E-state index is -0.123. The van der Waals surface area contributed by atoms with E-state index in [0.717, 1.165) is 55.7 Å². The number of hydrogen-bond donors (Lipinski definition) is 1. The molecule has 0 aliphatic heterocycles. The monoisotopic (exact) mass is 463 g/mol. The van der Waals surface area contributed by atoms with E-state index in [0.29, 0.717) is 18.0 Å². The number of para-hydroxylation sites is 1. The van der Waals surface area contributed by atoms with Crippen molar-refractivity contribution in [3.05, 3.63) is 61.1 Å². The summed E-state index contributed by atoms with van der Waals surface area (Å²) in [5.41, 5.74) is 3.69. The van der Waals surface area contributed by atoms with E-state index in [9.17, 15) is 4.79 Å². The highest BCUT2D eigenvalue weighted by molar-refractivity contribution is 5.95. The van der Waals surface area contributed by atoms with Crippen LogP contribution < -0.4 is 15.0 Å². The average molecular weight is 464 g/mol. The summed E-state index contributed by atoms with van der Waals surface area (Å²) in [5, 5.41) is 3.07. The normalized spacial score (nSPS) is 10.7. The van der Waals surface area contributed by atoms with Crippen molar-refractivity contribution >= 4 is 17.4 Å². The zero-order valence-electron chi connectivity index (χ0n) is 20.8. The lowest BCUT2D eigenvalue weighted by molar-refractivity contribution is 0.221. The molecule has 0 saturated carbocycles. The maximum atomic E-state index is 12.8. The predicted molar refractivity (Wildman–Crippen MR) is 140 cm³/mol. The van der Waals surface area contributed by atoms with Gasteiger partial charge in [-0.1, -0.05) is 56.2 Å². The van der Waals surface area contributed by atoms with Crippen LogP contribution in [0.15, 0.2) is 61.1 Å². The number of aromatic nitrogens is 2. The van der Waals surface area contributed by atoms with Crippen LogP contribution in [0.25, 0.3) is 11.3 Å². The number of unbranched alkanes of at least 4 members (excludes halogenated alkanes) is 2. The van der Waals surface area contributed by atoms with Gasteiger partial charge in [0, 0.05) is 46.0 Å². The molecule has 34 heavy (non-hydrogen) atoms. The van der Waals surface area contributed by atoms with Crippen molar-refractivity contribution in [1.29, 1.82) is 0 Å². The molecule has 7 nitrogen and oxygen atoms in total. The van der Waals surface area contributed by atoms with Gasteiger partial charge in [-0.3, -0.25) is 0 Å². The van der Waals surface area contributed by atoms with E-state index in [1.807, 2.05) is 68.8 Å². The molecule has 0 aliphatic carbocycles. The molecule has 0 aliphatic rings. The van der Waals surface area contributed by atoms with Crippen molar-refractivity contribution < 1.29 is 9.53 Å². The van der Waals surface area contributed by atoms with E-state index in [-0.39, 0.29) is 6.03 Å². The van der Waals surface area contributed by atoms with Gasteiger partial charge in [0.1, 0.15) is 11.4 Å². The molecule has 0 fully saturated rings. The molecule has 0 radical (unpaired) electrons. The smallest absolute Gasteiger partial charge is 0.321 e. The van der Waals surface area contributed by atoms with Crippen molar-refractivity contribution in [2.75, 3.05) is 44.5 Å². The third-order valence-electron chi connectivity index (χ3n) is 5.68. The molecule has 7 heteroatoms. The van der Waals surface area contributed by atoms with E-state index in [1.54, 1.807) is 4.90 Å². The van der Waals surface area contributed by atoms with Gasteiger partial charge in [-0.15, -0.1) is 0 Å². The Bertz CT molecular complexity index is 1030. The van der Waals surface area contributed by atoms with E-state index in [2.05, 4.69) is 40.1 Å². The van der Waals surface area contributed by atoms with Crippen molar-refractivity contribution in [1.82, 2.24) is 14.5 Å². The number of urea groups is 1. The fourth-order valence-electron chi connectivity index (χ4n) is 3.71. The quantitative estimate of drug-likeness (QED) is 0.348. The van der Waals surface area contributed by atoms with Gasteiger partial charge in [-0.2, -0.15) is 0 Å². The fraction of sp³-hybridized carbons (Fsp3) is 0.407. The number of amides is 2. The molecule has 0 saturated heterocycles. The fourth-order valence-corrected chi connectivity index (χ4v) is 3.71. The van der Waals surface area contributed by atoms with Crippen LogP contribution in [-0.4, -0.2) is 54.8 Å². The summed E-state index contributed by atoms with van der Waals surface area (Å²) in [6, 6.07) is 15.9. The molecule has 3 aromatic rings. The van der Waals surface area contributed by atoms with Crippen molar-refractivity contribution in [2.45, 2.75) is 39.2 Å². The maximum absolute atomic E-state index is 12.8. The number of aryl methyl sites for hydroxylation is 1. The van der Waals surface area contributed by atoms with Crippen LogP contribution in [0, 0.1) is 0 Å². The average Bonchev–Trinajstić information content (AvgIpc) is 3.32. The summed E-state index contributed by atoms with van der Waals surface area (Å²) in [6.45, 7) is 4.22. The number of imidazole rings is 1. The number of ether oxygens (including phenoxy) is 1. The maximum Gasteiger partial charge on any atom is 0.321 e. The topological polar surface area (TPSA) is 62.6 Å². The highest BCUT2D eigenvalue weighted by atomic mass is 16.5. The van der Waals surface area contributed by atoms with Gasteiger partial charge in [0.15, 0.2) is 0 Å². The van der Waals surface area contributed by atoms with Crippen LogP contribution in [0.4, 0.5) is 16.2 Å². The third kappa shape index (κ3) is 7.01. The molecular weight excluding hydrogens is 426 g/mol. The summed E-state index contributed by atoms with van der Waals surface area (Å²) >= 11 is 0. The van der Waals surface area contributed by atoms with Crippen LogP contribution in [0.2, 0.25) is 0 Å². The lowest BCUT2D eigenvalue weighted by Gasteiger charge is -2.24. The van der Waals surface area contributed by atoms with Crippen LogP contribution in [0.3, 0.4) is 0 Å². The Morgan fingerprint density at radius 3 is 2.56 bits per heavy atom. The number of anilines is 2. The summed E-state index contributed by atoms with van der Waals surface area (Å²) in [4.78, 5) is 21.0. The largest absolute Gasteiger partial charge is 0.491 e. The second-order valence-electron chi connectivity index (χ2n) is 8.67. The van der Waals surface area contributed by atoms with E-state index < -0.39 is 0 Å². The highest BCUT2D eigenvalue weighted by Gasteiger charge is 2.16. The van der Waals surface area contributed by atoms with Gasteiger partial charge in [-0.05, 0) is 25.0 Å². The summed E-state index contributed by atoms with van der Waals surface area (Å²) < 4.78 is 8.21. The van der Waals surface area contributed by atoms with E-state index in [1.165, 1.54) is 0 Å². The molecule has 1 N–H and O–H groups in total. The molecule has 1 heterocycles.